The average molecular weight is 268 g/mol. The summed E-state index contributed by atoms with van der Waals surface area (Å²) in [4.78, 5) is 0. The molecule has 1 unspecified atom stereocenters. The molecule has 0 spiro atoms. The molecule has 106 valence electrons. The number of hydrogen-bond acceptors (Lipinski definition) is 4. The molecule has 0 aliphatic carbocycles. The number of nitrogen functional groups attached to an aromatic ring is 1. The van der Waals surface area contributed by atoms with Crippen molar-refractivity contribution in [2.45, 2.75) is 32.2 Å². The largest absolute Gasteiger partial charge is 0.491 e. The lowest BCUT2D eigenvalue weighted by Crippen LogP contribution is -2.43. The number of halogens is 1. The lowest BCUT2D eigenvalue weighted by Gasteiger charge is -2.35. The first-order valence-electron chi connectivity index (χ1n) is 6.62. The minimum atomic E-state index is -0.435. The maximum absolute atomic E-state index is 13.6. The van der Waals surface area contributed by atoms with Gasteiger partial charge in [0.2, 0.25) is 0 Å². The van der Waals surface area contributed by atoms with E-state index in [0.717, 1.165) is 19.4 Å². The Balaban J connectivity index is 2.21. The Morgan fingerprint density at radius 2 is 2.32 bits per heavy atom. The number of hydrogen-bond donors (Lipinski definition) is 2. The Labute approximate surface area is 113 Å². The van der Waals surface area contributed by atoms with Crippen molar-refractivity contribution >= 4 is 11.4 Å². The highest BCUT2D eigenvalue weighted by Crippen LogP contribution is 2.32. The van der Waals surface area contributed by atoms with Gasteiger partial charge in [0.25, 0.3) is 0 Å². The summed E-state index contributed by atoms with van der Waals surface area (Å²) in [7, 11) is 0. The van der Waals surface area contributed by atoms with E-state index in [2.05, 4.69) is 12.2 Å². The van der Waals surface area contributed by atoms with E-state index in [9.17, 15) is 4.39 Å². The summed E-state index contributed by atoms with van der Waals surface area (Å²) in [6.45, 7) is 5.73. The zero-order valence-electron chi connectivity index (χ0n) is 11.5. The van der Waals surface area contributed by atoms with Crippen molar-refractivity contribution in [2.75, 3.05) is 30.9 Å². The third-order valence-electron chi connectivity index (χ3n) is 3.28. The monoisotopic (exact) mass is 268 g/mol. The van der Waals surface area contributed by atoms with Crippen molar-refractivity contribution in [1.82, 2.24) is 0 Å². The van der Waals surface area contributed by atoms with Gasteiger partial charge in [0.05, 0.1) is 30.1 Å². The second-order valence-corrected chi connectivity index (χ2v) is 5.14. The van der Waals surface area contributed by atoms with Crippen LogP contribution < -0.4 is 15.8 Å². The fraction of sp³-hybridized carbons (Fsp3) is 0.571. The smallest absolute Gasteiger partial charge is 0.167 e. The van der Waals surface area contributed by atoms with Gasteiger partial charge in [-0.3, -0.25) is 0 Å². The van der Waals surface area contributed by atoms with Crippen molar-refractivity contribution < 1.29 is 13.9 Å². The number of rotatable bonds is 4. The van der Waals surface area contributed by atoms with Gasteiger partial charge in [0.15, 0.2) is 11.6 Å². The molecule has 1 atom stereocenters. The second kappa shape index (κ2) is 5.65. The third kappa shape index (κ3) is 3.29. The summed E-state index contributed by atoms with van der Waals surface area (Å²) in [6.07, 6.45) is 2.00. The molecular weight excluding hydrogens is 247 g/mol. The van der Waals surface area contributed by atoms with E-state index in [0.29, 0.717) is 24.6 Å². The van der Waals surface area contributed by atoms with Crippen molar-refractivity contribution in [3.63, 3.8) is 0 Å². The topological polar surface area (TPSA) is 56.5 Å². The SMILES string of the molecule is CCOc1cc(NC2(C)CCCOC2)c(N)cc1F. The molecule has 0 amide bonds. The van der Waals surface area contributed by atoms with Crippen LogP contribution in [0.5, 0.6) is 5.75 Å². The summed E-state index contributed by atoms with van der Waals surface area (Å²) < 4.78 is 24.4. The van der Waals surface area contributed by atoms with Crippen molar-refractivity contribution in [3.8, 4) is 5.75 Å². The summed E-state index contributed by atoms with van der Waals surface area (Å²) in [5, 5.41) is 3.35. The Morgan fingerprint density at radius 1 is 1.53 bits per heavy atom. The Kier molecular flexibility index (Phi) is 4.14. The quantitative estimate of drug-likeness (QED) is 0.824. The van der Waals surface area contributed by atoms with E-state index in [1.54, 1.807) is 6.07 Å². The van der Waals surface area contributed by atoms with Crippen LogP contribution in [0.4, 0.5) is 15.8 Å². The van der Waals surface area contributed by atoms with Crippen molar-refractivity contribution in [2.24, 2.45) is 0 Å². The molecule has 5 heteroatoms. The van der Waals surface area contributed by atoms with Gasteiger partial charge in [0.1, 0.15) is 0 Å². The predicted octanol–water partition coefficient (Wildman–Crippen LogP) is 2.79. The molecule has 0 aromatic heterocycles. The van der Waals surface area contributed by atoms with Crippen LogP contribution in [0.2, 0.25) is 0 Å². The van der Waals surface area contributed by atoms with Crippen LogP contribution in [0.25, 0.3) is 0 Å². The summed E-state index contributed by atoms with van der Waals surface area (Å²) in [5.74, 6) is -0.213. The first-order valence-corrected chi connectivity index (χ1v) is 6.62. The number of benzene rings is 1. The molecule has 1 fully saturated rings. The third-order valence-corrected chi connectivity index (χ3v) is 3.28. The van der Waals surface area contributed by atoms with Crippen LogP contribution in [0.15, 0.2) is 12.1 Å². The molecule has 3 N–H and O–H groups in total. The zero-order valence-corrected chi connectivity index (χ0v) is 11.5. The minimum Gasteiger partial charge on any atom is -0.491 e. The summed E-state index contributed by atoms with van der Waals surface area (Å²) >= 11 is 0. The molecule has 1 heterocycles. The van der Waals surface area contributed by atoms with Gasteiger partial charge >= 0.3 is 0 Å². The fourth-order valence-corrected chi connectivity index (χ4v) is 2.30. The van der Waals surface area contributed by atoms with Crippen LogP contribution in [0, 0.1) is 5.82 Å². The van der Waals surface area contributed by atoms with Gasteiger partial charge in [-0.1, -0.05) is 0 Å². The van der Waals surface area contributed by atoms with Crippen molar-refractivity contribution in [1.29, 1.82) is 0 Å². The molecule has 0 bridgehead atoms. The number of ether oxygens (including phenoxy) is 2. The molecular formula is C14H21FN2O2. The highest BCUT2D eigenvalue weighted by Gasteiger charge is 2.28. The van der Waals surface area contributed by atoms with Crippen molar-refractivity contribution in [3.05, 3.63) is 17.9 Å². The lowest BCUT2D eigenvalue weighted by molar-refractivity contribution is 0.0540. The van der Waals surface area contributed by atoms with Gasteiger partial charge in [-0.15, -0.1) is 0 Å². The van der Waals surface area contributed by atoms with Crippen LogP contribution in [0.1, 0.15) is 26.7 Å². The van der Waals surface area contributed by atoms with Gasteiger partial charge < -0.3 is 20.5 Å². The van der Waals surface area contributed by atoms with Gasteiger partial charge in [-0.05, 0) is 26.7 Å². The highest BCUT2D eigenvalue weighted by atomic mass is 19.1. The van der Waals surface area contributed by atoms with Gasteiger partial charge in [-0.25, -0.2) is 4.39 Å². The van der Waals surface area contributed by atoms with Crippen LogP contribution >= 0.6 is 0 Å². The van der Waals surface area contributed by atoms with E-state index >= 15 is 0 Å². The summed E-state index contributed by atoms with van der Waals surface area (Å²) in [5.41, 5.74) is 6.77. The fourth-order valence-electron chi connectivity index (χ4n) is 2.30. The molecule has 0 saturated carbocycles. The molecule has 1 aromatic rings. The Morgan fingerprint density at radius 3 is 2.95 bits per heavy atom. The standard InChI is InChI=1S/C14H21FN2O2/c1-3-19-13-8-12(11(16)7-10(13)15)17-14(2)5-4-6-18-9-14/h7-8,17H,3-6,9,16H2,1-2H3. The molecule has 1 saturated heterocycles. The van der Waals surface area contributed by atoms with Gasteiger partial charge in [0, 0.05) is 18.7 Å². The predicted molar refractivity (Wildman–Crippen MR) is 74.1 cm³/mol. The van der Waals surface area contributed by atoms with Crippen LogP contribution in [-0.4, -0.2) is 25.4 Å². The van der Waals surface area contributed by atoms with E-state index in [4.69, 9.17) is 15.2 Å². The molecule has 19 heavy (non-hydrogen) atoms. The molecule has 0 radical (unpaired) electrons. The Bertz CT molecular complexity index is 445. The summed E-state index contributed by atoms with van der Waals surface area (Å²) in [6, 6.07) is 2.91. The van der Waals surface area contributed by atoms with Crippen LogP contribution in [-0.2, 0) is 4.74 Å². The second-order valence-electron chi connectivity index (χ2n) is 5.14. The highest BCUT2D eigenvalue weighted by molar-refractivity contribution is 5.69. The molecule has 1 aliphatic rings. The van der Waals surface area contributed by atoms with E-state index in [-0.39, 0.29) is 11.3 Å². The van der Waals surface area contributed by atoms with E-state index in [1.165, 1.54) is 6.07 Å². The first kappa shape index (κ1) is 13.9. The average Bonchev–Trinajstić information content (AvgIpc) is 2.36. The Hall–Kier alpha value is -1.49. The molecule has 2 rings (SSSR count). The maximum Gasteiger partial charge on any atom is 0.167 e. The minimum absolute atomic E-state index is 0.173. The molecule has 4 nitrogen and oxygen atoms in total. The van der Waals surface area contributed by atoms with Crippen LogP contribution in [0.3, 0.4) is 0 Å². The lowest BCUT2D eigenvalue weighted by atomic mass is 9.94. The zero-order chi connectivity index (χ0) is 13.9. The van der Waals surface area contributed by atoms with E-state index in [1.807, 2.05) is 6.92 Å². The van der Waals surface area contributed by atoms with Gasteiger partial charge in [-0.2, -0.15) is 0 Å². The first-order chi connectivity index (χ1) is 9.04. The normalized spacial score (nSPS) is 23.1. The number of nitrogens with two attached hydrogens (primary N) is 1. The number of nitrogens with one attached hydrogen (secondary N) is 1. The van der Waals surface area contributed by atoms with E-state index < -0.39 is 5.82 Å². The number of anilines is 2. The molecule has 1 aliphatic heterocycles. The maximum atomic E-state index is 13.6. The molecule has 1 aromatic carbocycles.